The minimum absolute atomic E-state index is 0.270. The molecule has 20 heavy (non-hydrogen) atoms. The van der Waals surface area contributed by atoms with Crippen LogP contribution >= 0.6 is 0 Å². The summed E-state index contributed by atoms with van der Waals surface area (Å²) in [7, 11) is 0. The molecule has 0 aliphatic heterocycles. The molecule has 1 unspecified atom stereocenters. The Morgan fingerprint density at radius 1 is 1.30 bits per heavy atom. The van der Waals surface area contributed by atoms with Gasteiger partial charge in [0, 0.05) is 19.1 Å². The molecule has 1 atom stereocenters. The molecule has 1 rings (SSSR count). The number of amides is 1. The van der Waals surface area contributed by atoms with Crippen LogP contribution in [0.3, 0.4) is 0 Å². The average Bonchev–Trinajstić information content (AvgIpc) is 2.81. The van der Waals surface area contributed by atoms with Crippen molar-refractivity contribution in [3.63, 3.8) is 0 Å². The largest absolute Gasteiger partial charge is 0.444 e. The van der Waals surface area contributed by atoms with Crippen LogP contribution < -0.4 is 10.6 Å². The van der Waals surface area contributed by atoms with Gasteiger partial charge in [0.15, 0.2) is 0 Å². The van der Waals surface area contributed by atoms with Gasteiger partial charge >= 0.3 is 6.09 Å². The fourth-order valence-electron chi connectivity index (χ4n) is 2.79. The van der Waals surface area contributed by atoms with Crippen LogP contribution in [0.15, 0.2) is 0 Å². The van der Waals surface area contributed by atoms with E-state index >= 15 is 0 Å². The summed E-state index contributed by atoms with van der Waals surface area (Å²) in [6, 6.07) is 0.270. The highest BCUT2D eigenvalue weighted by Crippen LogP contribution is 2.40. The molecular formula is C16H32N2O2. The molecule has 0 aromatic heterocycles. The molecular weight excluding hydrogens is 252 g/mol. The van der Waals surface area contributed by atoms with Gasteiger partial charge in [-0.15, -0.1) is 0 Å². The maximum absolute atomic E-state index is 11.6. The highest BCUT2D eigenvalue weighted by Gasteiger charge is 2.31. The molecule has 0 radical (unpaired) electrons. The van der Waals surface area contributed by atoms with Crippen molar-refractivity contribution in [2.75, 3.05) is 13.1 Å². The lowest BCUT2D eigenvalue weighted by molar-refractivity contribution is 0.0522. The van der Waals surface area contributed by atoms with Crippen LogP contribution in [0.4, 0.5) is 4.79 Å². The van der Waals surface area contributed by atoms with Gasteiger partial charge in [0.05, 0.1) is 0 Å². The van der Waals surface area contributed by atoms with E-state index in [2.05, 4.69) is 24.5 Å². The Morgan fingerprint density at radius 3 is 2.40 bits per heavy atom. The number of carbonyl (C=O) groups is 1. The van der Waals surface area contributed by atoms with Crippen molar-refractivity contribution in [3.8, 4) is 0 Å². The van der Waals surface area contributed by atoms with Crippen LogP contribution in [0.25, 0.3) is 0 Å². The number of hydrogen-bond acceptors (Lipinski definition) is 3. The summed E-state index contributed by atoms with van der Waals surface area (Å²) < 4.78 is 5.23. The highest BCUT2D eigenvalue weighted by atomic mass is 16.6. The predicted octanol–water partition coefficient (Wildman–Crippen LogP) is 3.46. The van der Waals surface area contributed by atoms with Gasteiger partial charge in [-0.25, -0.2) is 4.79 Å². The van der Waals surface area contributed by atoms with E-state index in [1.165, 1.54) is 32.1 Å². The zero-order chi connectivity index (χ0) is 15.2. The summed E-state index contributed by atoms with van der Waals surface area (Å²) >= 11 is 0. The third-order valence-electron chi connectivity index (χ3n) is 4.19. The summed E-state index contributed by atoms with van der Waals surface area (Å²) in [6.07, 6.45) is 6.30. The van der Waals surface area contributed by atoms with Gasteiger partial charge in [0.1, 0.15) is 5.60 Å². The van der Waals surface area contributed by atoms with Gasteiger partial charge < -0.3 is 15.4 Å². The van der Waals surface area contributed by atoms with Crippen molar-refractivity contribution in [3.05, 3.63) is 0 Å². The number of hydrogen-bond donors (Lipinski definition) is 2. The van der Waals surface area contributed by atoms with E-state index in [4.69, 9.17) is 4.74 Å². The molecule has 1 aliphatic rings. The molecule has 0 bridgehead atoms. The van der Waals surface area contributed by atoms with Crippen molar-refractivity contribution < 1.29 is 9.53 Å². The second-order valence-electron chi connectivity index (χ2n) is 7.23. The molecule has 0 aromatic carbocycles. The Hall–Kier alpha value is -0.770. The molecule has 2 N–H and O–H groups in total. The Morgan fingerprint density at radius 2 is 1.90 bits per heavy atom. The van der Waals surface area contributed by atoms with Crippen LogP contribution in [-0.4, -0.2) is 30.8 Å². The first-order valence-electron chi connectivity index (χ1n) is 7.97. The first kappa shape index (κ1) is 17.3. The maximum atomic E-state index is 11.6. The minimum atomic E-state index is -0.434. The second-order valence-corrected chi connectivity index (χ2v) is 7.23. The van der Waals surface area contributed by atoms with Crippen LogP contribution in [0.1, 0.15) is 66.7 Å². The zero-order valence-electron chi connectivity index (χ0n) is 13.8. The van der Waals surface area contributed by atoms with E-state index < -0.39 is 5.60 Å². The van der Waals surface area contributed by atoms with Crippen molar-refractivity contribution in [2.45, 2.75) is 78.4 Å². The van der Waals surface area contributed by atoms with Crippen LogP contribution in [0, 0.1) is 5.41 Å². The van der Waals surface area contributed by atoms with Gasteiger partial charge in [-0.1, -0.05) is 19.8 Å². The van der Waals surface area contributed by atoms with E-state index in [1.807, 2.05) is 20.8 Å². The average molecular weight is 284 g/mol. The zero-order valence-corrected chi connectivity index (χ0v) is 13.8. The van der Waals surface area contributed by atoms with Crippen molar-refractivity contribution in [1.29, 1.82) is 0 Å². The second kappa shape index (κ2) is 7.30. The van der Waals surface area contributed by atoms with Crippen molar-refractivity contribution in [1.82, 2.24) is 10.6 Å². The van der Waals surface area contributed by atoms with Gasteiger partial charge in [-0.05, 0) is 52.4 Å². The molecule has 0 heterocycles. The Bertz CT molecular complexity index is 304. The predicted molar refractivity (Wildman–Crippen MR) is 82.9 cm³/mol. The van der Waals surface area contributed by atoms with Gasteiger partial charge in [0.25, 0.3) is 0 Å². The first-order chi connectivity index (χ1) is 9.26. The number of carbonyl (C=O) groups excluding carboxylic acids is 1. The monoisotopic (exact) mass is 284 g/mol. The summed E-state index contributed by atoms with van der Waals surface area (Å²) in [4.78, 5) is 11.6. The minimum Gasteiger partial charge on any atom is -0.444 e. The number of ether oxygens (including phenoxy) is 1. The molecule has 0 saturated heterocycles. The standard InChI is InChI=1S/C16H32N2O2/c1-6-16(9-7-8-10-16)12-18-13(2)11-17-14(19)20-15(3,4)5/h13,18H,6-12H2,1-5H3,(H,17,19). The van der Waals surface area contributed by atoms with Crippen LogP contribution in [-0.2, 0) is 4.74 Å². The SMILES string of the molecule is CCC1(CNC(C)CNC(=O)OC(C)(C)C)CCCC1. The number of nitrogens with one attached hydrogen (secondary N) is 2. The third kappa shape index (κ3) is 6.12. The Kier molecular flexibility index (Phi) is 6.31. The molecule has 0 aromatic rings. The van der Waals surface area contributed by atoms with E-state index in [0.29, 0.717) is 12.0 Å². The van der Waals surface area contributed by atoms with Gasteiger partial charge in [0.2, 0.25) is 0 Å². The van der Waals surface area contributed by atoms with Crippen LogP contribution in [0.5, 0.6) is 0 Å². The molecule has 1 amide bonds. The molecule has 1 aliphatic carbocycles. The first-order valence-corrected chi connectivity index (χ1v) is 7.97. The molecule has 118 valence electrons. The summed E-state index contributed by atoms with van der Waals surface area (Å²) in [6.45, 7) is 11.7. The normalized spacial score (nSPS) is 19.6. The molecule has 1 fully saturated rings. The summed E-state index contributed by atoms with van der Waals surface area (Å²) in [5.41, 5.74) is 0.0526. The van der Waals surface area contributed by atoms with Crippen LogP contribution in [0.2, 0.25) is 0 Å². The topological polar surface area (TPSA) is 50.4 Å². The van der Waals surface area contributed by atoms with E-state index in [-0.39, 0.29) is 12.1 Å². The number of rotatable bonds is 6. The fraction of sp³-hybridized carbons (Fsp3) is 0.938. The molecule has 0 spiro atoms. The summed E-state index contributed by atoms with van der Waals surface area (Å²) in [5.74, 6) is 0. The Balaban J connectivity index is 2.23. The lowest BCUT2D eigenvalue weighted by Crippen LogP contribution is -2.44. The summed E-state index contributed by atoms with van der Waals surface area (Å²) in [5, 5.41) is 6.39. The van der Waals surface area contributed by atoms with Gasteiger partial charge in [-0.3, -0.25) is 0 Å². The van der Waals surface area contributed by atoms with Gasteiger partial charge in [-0.2, -0.15) is 0 Å². The number of alkyl carbamates (subject to hydrolysis) is 1. The van der Waals surface area contributed by atoms with Crippen molar-refractivity contribution in [2.24, 2.45) is 5.41 Å². The van der Waals surface area contributed by atoms with E-state index in [0.717, 1.165) is 6.54 Å². The lowest BCUT2D eigenvalue weighted by Gasteiger charge is -2.30. The van der Waals surface area contributed by atoms with Crippen molar-refractivity contribution >= 4 is 6.09 Å². The highest BCUT2D eigenvalue weighted by molar-refractivity contribution is 5.67. The maximum Gasteiger partial charge on any atom is 0.407 e. The molecule has 1 saturated carbocycles. The Labute approximate surface area is 124 Å². The smallest absolute Gasteiger partial charge is 0.407 e. The van der Waals surface area contributed by atoms with E-state index in [9.17, 15) is 4.79 Å². The quantitative estimate of drug-likeness (QED) is 0.785. The fourth-order valence-corrected chi connectivity index (χ4v) is 2.79. The molecule has 4 nitrogen and oxygen atoms in total. The lowest BCUT2D eigenvalue weighted by atomic mass is 9.83. The van der Waals surface area contributed by atoms with E-state index in [1.54, 1.807) is 0 Å². The third-order valence-corrected chi connectivity index (χ3v) is 4.19. The molecule has 4 heteroatoms.